The Kier molecular flexibility index (Phi) is 5.62. The molecule has 3 rings (SSSR count). The molecule has 7 nitrogen and oxygen atoms in total. The van der Waals surface area contributed by atoms with Crippen LogP contribution in [0.4, 0.5) is 0 Å². The number of benzene rings is 2. The van der Waals surface area contributed by atoms with Crippen LogP contribution in [0.25, 0.3) is 11.0 Å². The Hall–Kier alpha value is -2.74. The summed E-state index contributed by atoms with van der Waals surface area (Å²) < 4.78 is 17.0. The van der Waals surface area contributed by atoms with Crippen LogP contribution in [0.2, 0.25) is 0 Å². The number of fused-ring (bicyclic) bond motifs is 1. The van der Waals surface area contributed by atoms with E-state index < -0.39 is 12.1 Å². The third-order valence-electron chi connectivity index (χ3n) is 3.36. The van der Waals surface area contributed by atoms with Crippen LogP contribution in [-0.4, -0.2) is 33.9 Å². The fourth-order valence-corrected chi connectivity index (χ4v) is 2.49. The van der Waals surface area contributed by atoms with Gasteiger partial charge in [-0.3, -0.25) is 0 Å². The number of hydrogen-bond donors (Lipinski definition) is 0. The molecule has 0 saturated carbocycles. The summed E-state index contributed by atoms with van der Waals surface area (Å²) in [7, 11) is 0. The van der Waals surface area contributed by atoms with Gasteiger partial charge in [-0.1, -0.05) is 21.0 Å². The Morgan fingerprint density at radius 1 is 1.08 bits per heavy atom. The lowest BCUT2D eigenvalue weighted by atomic mass is 10.3. The number of carbonyl (C=O) groups is 1. The molecule has 0 amide bonds. The van der Waals surface area contributed by atoms with Gasteiger partial charge in [0.15, 0.2) is 6.10 Å². The van der Waals surface area contributed by atoms with Crippen molar-refractivity contribution < 1.29 is 19.0 Å². The Balaban J connectivity index is 1.67. The maximum absolute atomic E-state index is 11.6. The van der Waals surface area contributed by atoms with Crippen LogP contribution < -0.4 is 9.47 Å². The van der Waals surface area contributed by atoms with Crippen molar-refractivity contribution in [2.45, 2.75) is 20.0 Å². The van der Waals surface area contributed by atoms with Crippen LogP contribution in [0.3, 0.4) is 0 Å². The van der Waals surface area contributed by atoms with E-state index in [0.717, 1.165) is 4.47 Å². The largest absolute Gasteiger partial charge is 0.479 e. The summed E-state index contributed by atoms with van der Waals surface area (Å²) >= 11 is 3.38. The predicted molar refractivity (Wildman–Crippen MR) is 98.3 cm³/mol. The van der Waals surface area contributed by atoms with Gasteiger partial charge in [-0.15, -0.1) is 5.10 Å². The maximum Gasteiger partial charge on any atom is 0.347 e. The van der Waals surface area contributed by atoms with Crippen LogP contribution in [0.1, 0.15) is 13.8 Å². The van der Waals surface area contributed by atoms with Gasteiger partial charge >= 0.3 is 12.0 Å². The number of esters is 1. The Bertz CT molecular complexity index is 918. The van der Waals surface area contributed by atoms with Crippen molar-refractivity contribution in [2.75, 3.05) is 6.61 Å². The fraction of sp³-hybridized carbons (Fsp3) is 0.222. The van der Waals surface area contributed by atoms with Crippen LogP contribution in [0, 0.1) is 0 Å². The minimum atomic E-state index is -0.686. The maximum atomic E-state index is 11.6. The van der Waals surface area contributed by atoms with E-state index in [1.807, 2.05) is 18.2 Å². The second-order valence-electron chi connectivity index (χ2n) is 5.31. The van der Waals surface area contributed by atoms with E-state index in [9.17, 15) is 4.79 Å². The number of hydrogen-bond acceptors (Lipinski definition) is 7. The molecule has 0 spiro atoms. The molecule has 26 heavy (non-hydrogen) atoms. The molecular weight excluding hydrogens is 402 g/mol. The number of ether oxygens (including phenoxy) is 3. The average Bonchev–Trinajstić information content (AvgIpc) is 2.63. The van der Waals surface area contributed by atoms with Crippen LogP contribution >= 0.6 is 15.9 Å². The average molecular weight is 418 g/mol. The van der Waals surface area contributed by atoms with Crippen molar-refractivity contribution >= 4 is 32.9 Å². The standard InChI is InChI=1S/C18H16BrN3O4/c1-3-24-17(23)11(2)25-13-5-7-14(8-6-13)26-18-20-15-9-4-12(19)10-16(15)21-22-18/h4-11H,3H2,1-2H3. The van der Waals surface area contributed by atoms with Crippen molar-refractivity contribution in [2.24, 2.45) is 0 Å². The molecule has 0 saturated heterocycles. The van der Waals surface area contributed by atoms with Gasteiger partial charge in [0.25, 0.3) is 0 Å². The molecule has 0 radical (unpaired) electrons. The zero-order valence-corrected chi connectivity index (χ0v) is 15.8. The molecule has 0 aliphatic rings. The second kappa shape index (κ2) is 8.09. The first-order valence-electron chi connectivity index (χ1n) is 7.96. The molecule has 1 atom stereocenters. The summed E-state index contributed by atoms with van der Waals surface area (Å²) in [4.78, 5) is 15.9. The van der Waals surface area contributed by atoms with Gasteiger partial charge in [0.1, 0.15) is 17.0 Å². The number of aromatic nitrogens is 3. The van der Waals surface area contributed by atoms with E-state index in [-0.39, 0.29) is 6.01 Å². The van der Waals surface area contributed by atoms with Crippen molar-refractivity contribution in [3.8, 4) is 17.5 Å². The van der Waals surface area contributed by atoms with E-state index in [1.54, 1.807) is 38.1 Å². The van der Waals surface area contributed by atoms with Crippen molar-refractivity contribution in [3.05, 3.63) is 46.9 Å². The molecule has 8 heteroatoms. The molecule has 1 aromatic heterocycles. The van der Waals surface area contributed by atoms with E-state index in [4.69, 9.17) is 14.2 Å². The fourth-order valence-electron chi connectivity index (χ4n) is 2.14. The number of rotatable bonds is 6. The molecule has 1 heterocycles. The number of halogens is 1. The Morgan fingerprint density at radius 2 is 1.81 bits per heavy atom. The molecular formula is C18H16BrN3O4. The van der Waals surface area contributed by atoms with E-state index in [1.165, 1.54) is 0 Å². The summed E-state index contributed by atoms with van der Waals surface area (Å²) in [5, 5.41) is 8.05. The topological polar surface area (TPSA) is 83.4 Å². The highest BCUT2D eigenvalue weighted by Gasteiger charge is 2.15. The first-order valence-corrected chi connectivity index (χ1v) is 8.75. The second-order valence-corrected chi connectivity index (χ2v) is 6.23. The summed E-state index contributed by atoms with van der Waals surface area (Å²) in [6.07, 6.45) is -0.686. The SMILES string of the molecule is CCOC(=O)C(C)Oc1ccc(Oc2nnc3cc(Br)ccc3n2)cc1. The van der Waals surface area contributed by atoms with Crippen molar-refractivity contribution in [1.29, 1.82) is 0 Å². The lowest BCUT2D eigenvalue weighted by molar-refractivity contribution is -0.150. The van der Waals surface area contributed by atoms with Gasteiger partial charge in [-0.05, 0) is 56.3 Å². The molecule has 0 fully saturated rings. The third kappa shape index (κ3) is 4.45. The zero-order valence-electron chi connectivity index (χ0n) is 14.2. The first kappa shape index (κ1) is 18.1. The van der Waals surface area contributed by atoms with Gasteiger partial charge < -0.3 is 14.2 Å². The predicted octanol–water partition coefficient (Wildman–Crippen LogP) is 3.91. The highest BCUT2D eigenvalue weighted by atomic mass is 79.9. The van der Waals surface area contributed by atoms with Crippen molar-refractivity contribution in [1.82, 2.24) is 15.2 Å². The third-order valence-corrected chi connectivity index (χ3v) is 3.85. The summed E-state index contributed by atoms with van der Waals surface area (Å²) in [6.45, 7) is 3.70. The minimum absolute atomic E-state index is 0.147. The highest BCUT2D eigenvalue weighted by Crippen LogP contribution is 2.23. The molecule has 1 unspecified atom stereocenters. The van der Waals surface area contributed by atoms with Crippen molar-refractivity contribution in [3.63, 3.8) is 0 Å². The van der Waals surface area contributed by atoms with Gasteiger partial charge in [0.05, 0.1) is 12.1 Å². The quantitative estimate of drug-likeness (QED) is 0.562. The van der Waals surface area contributed by atoms with Crippen LogP contribution in [0.5, 0.6) is 17.5 Å². The number of nitrogens with zero attached hydrogens (tertiary/aromatic N) is 3. The Morgan fingerprint density at radius 3 is 2.54 bits per heavy atom. The lowest BCUT2D eigenvalue weighted by Crippen LogP contribution is -2.25. The van der Waals surface area contributed by atoms with Gasteiger partial charge in [-0.2, -0.15) is 4.98 Å². The first-order chi connectivity index (χ1) is 12.5. The molecule has 0 aliphatic carbocycles. The van der Waals surface area contributed by atoms with Gasteiger partial charge in [0.2, 0.25) is 0 Å². The number of carbonyl (C=O) groups excluding carboxylic acids is 1. The monoisotopic (exact) mass is 417 g/mol. The molecule has 2 aromatic carbocycles. The summed E-state index contributed by atoms with van der Waals surface area (Å²) in [6, 6.07) is 12.5. The molecule has 0 N–H and O–H groups in total. The normalized spacial score (nSPS) is 11.8. The molecule has 0 aliphatic heterocycles. The lowest BCUT2D eigenvalue weighted by Gasteiger charge is -2.13. The minimum Gasteiger partial charge on any atom is -0.479 e. The van der Waals surface area contributed by atoms with Crippen LogP contribution in [-0.2, 0) is 9.53 Å². The summed E-state index contributed by atoms with van der Waals surface area (Å²) in [5.41, 5.74) is 1.35. The molecule has 134 valence electrons. The summed E-state index contributed by atoms with van der Waals surface area (Å²) in [5.74, 6) is 0.648. The van der Waals surface area contributed by atoms with E-state index >= 15 is 0 Å². The Labute approximate surface area is 158 Å². The smallest absolute Gasteiger partial charge is 0.347 e. The van der Waals surface area contributed by atoms with Crippen LogP contribution in [0.15, 0.2) is 46.9 Å². The van der Waals surface area contributed by atoms with E-state index in [2.05, 4.69) is 31.1 Å². The van der Waals surface area contributed by atoms with Gasteiger partial charge in [-0.25, -0.2) is 4.79 Å². The molecule has 0 bridgehead atoms. The van der Waals surface area contributed by atoms with E-state index in [0.29, 0.717) is 29.1 Å². The highest BCUT2D eigenvalue weighted by molar-refractivity contribution is 9.10. The van der Waals surface area contributed by atoms with Gasteiger partial charge in [0, 0.05) is 4.47 Å². The molecule has 3 aromatic rings. The zero-order chi connectivity index (χ0) is 18.5.